The van der Waals surface area contributed by atoms with Crippen LogP contribution >= 0.6 is 0 Å². The van der Waals surface area contributed by atoms with Crippen LogP contribution in [0.4, 0.5) is 17.5 Å². The Balaban J connectivity index is 1.68. The Morgan fingerprint density at radius 3 is 2.77 bits per heavy atom. The third kappa shape index (κ3) is 4.56. The van der Waals surface area contributed by atoms with E-state index in [1.807, 2.05) is 24.3 Å². The molecule has 0 spiro atoms. The van der Waals surface area contributed by atoms with Crippen LogP contribution in [-0.4, -0.2) is 38.2 Å². The van der Waals surface area contributed by atoms with Crippen LogP contribution in [0.1, 0.15) is 55.2 Å². The second-order valence-corrected chi connectivity index (χ2v) is 7.93. The average molecular weight is 421 g/mol. The molecule has 162 valence electrons. The molecule has 0 bridgehead atoms. The zero-order chi connectivity index (χ0) is 21.8. The molecular weight excluding hydrogens is 392 g/mol. The lowest BCUT2D eigenvalue weighted by Gasteiger charge is -2.29. The number of aromatic nitrogens is 4. The number of nitrogens with one attached hydrogen (secondary N) is 2. The van der Waals surface area contributed by atoms with Crippen LogP contribution in [0.3, 0.4) is 0 Å². The number of nitrogens with zero attached hydrogens (tertiary/aromatic N) is 4. The molecule has 9 heteroatoms. The normalized spacial score (nSPS) is 18.6. The number of anilines is 3. The highest BCUT2D eigenvalue weighted by Crippen LogP contribution is 2.29. The van der Waals surface area contributed by atoms with Crippen LogP contribution < -0.4 is 22.1 Å². The van der Waals surface area contributed by atoms with Crippen LogP contribution in [0.2, 0.25) is 0 Å². The zero-order valence-electron chi connectivity index (χ0n) is 17.6. The van der Waals surface area contributed by atoms with Crippen molar-refractivity contribution >= 4 is 34.1 Å². The van der Waals surface area contributed by atoms with Gasteiger partial charge in [0, 0.05) is 40.4 Å². The summed E-state index contributed by atoms with van der Waals surface area (Å²) in [4.78, 5) is 21.0. The molecule has 3 aromatic rings. The average Bonchev–Trinajstić information content (AvgIpc) is 2.76. The number of fused-ring (bicyclic) bond motifs is 1. The van der Waals surface area contributed by atoms with Crippen molar-refractivity contribution in [3.05, 3.63) is 41.9 Å². The van der Waals surface area contributed by atoms with E-state index in [9.17, 15) is 4.79 Å². The minimum Gasteiger partial charge on any atom is -0.364 e. The Labute approximate surface area is 181 Å². The van der Waals surface area contributed by atoms with Crippen molar-refractivity contribution in [2.24, 2.45) is 11.5 Å². The van der Waals surface area contributed by atoms with Gasteiger partial charge in [0.25, 0.3) is 5.91 Å². The highest BCUT2D eigenvalue weighted by Gasteiger charge is 2.23. The molecule has 2 atom stereocenters. The summed E-state index contributed by atoms with van der Waals surface area (Å²) in [5.41, 5.74) is 13.6. The van der Waals surface area contributed by atoms with E-state index in [2.05, 4.69) is 37.7 Å². The summed E-state index contributed by atoms with van der Waals surface area (Å²) in [6, 6.07) is 7.97. The lowest BCUT2D eigenvalue weighted by atomic mass is 9.91. The number of carbonyl (C=O) groups is 1. The maximum atomic E-state index is 12.0. The standard InChI is InChI=1S/C22H28N8O/c1-2-6-16-13-7-5-10-17(14(13)11-12-25-16)26-21-19(20(24)31)29-30-22(28-21)27-18-9-4-3-8-15(18)23/h5,7,10-12,15,18H,2-4,6,8-9,23H2,1H3,(H2,24,31)(H2,26,27,28,30)/t15-,18+/m0/s1. The molecule has 1 aliphatic carbocycles. The van der Waals surface area contributed by atoms with Gasteiger partial charge in [-0.05, 0) is 31.4 Å². The van der Waals surface area contributed by atoms with Crippen LogP contribution in [0.15, 0.2) is 30.5 Å². The van der Waals surface area contributed by atoms with Crippen molar-refractivity contribution in [1.29, 1.82) is 0 Å². The second kappa shape index (κ2) is 9.22. The fourth-order valence-corrected chi connectivity index (χ4v) is 4.09. The van der Waals surface area contributed by atoms with Crippen molar-refractivity contribution in [3.8, 4) is 0 Å². The van der Waals surface area contributed by atoms with E-state index >= 15 is 0 Å². The summed E-state index contributed by atoms with van der Waals surface area (Å²) < 4.78 is 0. The van der Waals surface area contributed by atoms with E-state index in [1.165, 1.54) is 0 Å². The Morgan fingerprint density at radius 1 is 1.16 bits per heavy atom. The minimum atomic E-state index is -0.697. The Kier molecular flexibility index (Phi) is 6.22. The van der Waals surface area contributed by atoms with Gasteiger partial charge in [-0.1, -0.05) is 38.3 Å². The molecule has 2 heterocycles. The highest BCUT2D eigenvalue weighted by molar-refractivity contribution is 6.00. The molecule has 2 aromatic heterocycles. The molecule has 0 saturated heterocycles. The first-order valence-corrected chi connectivity index (χ1v) is 10.8. The molecule has 0 radical (unpaired) electrons. The first kappa shape index (κ1) is 20.9. The molecule has 0 aliphatic heterocycles. The monoisotopic (exact) mass is 420 g/mol. The summed E-state index contributed by atoms with van der Waals surface area (Å²) in [6.07, 6.45) is 7.82. The number of rotatable bonds is 7. The predicted octanol–water partition coefficient (Wildman–Crippen LogP) is 2.90. The van der Waals surface area contributed by atoms with Gasteiger partial charge in [0.1, 0.15) is 0 Å². The summed E-state index contributed by atoms with van der Waals surface area (Å²) in [6.45, 7) is 2.13. The lowest BCUT2D eigenvalue weighted by Crippen LogP contribution is -2.43. The van der Waals surface area contributed by atoms with Crippen molar-refractivity contribution in [2.75, 3.05) is 10.6 Å². The molecule has 1 aliphatic rings. The van der Waals surface area contributed by atoms with E-state index in [-0.39, 0.29) is 23.6 Å². The molecule has 9 nitrogen and oxygen atoms in total. The molecule has 6 N–H and O–H groups in total. The number of carbonyl (C=O) groups excluding carboxylic acids is 1. The maximum absolute atomic E-state index is 12.0. The summed E-state index contributed by atoms with van der Waals surface area (Å²) in [5, 5.41) is 16.6. The first-order valence-electron chi connectivity index (χ1n) is 10.8. The van der Waals surface area contributed by atoms with Gasteiger partial charge >= 0.3 is 0 Å². The summed E-state index contributed by atoms with van der Waals surface area (Å²) in [7, 11) is 0. The predicted molar refractivity (Wildman–Crippen MR) is 121 cm³/mol. The Morgan fingerprint density at radius 2 is 2.00 bits per heavy atom. The van der Waals surface area contributed by atoms with Gasteiger partial charge in [0.05, 0.1) is 0 Å². The second-order valence-electron chi connectivity index (χ2n) is 7.93. The van der Waals surface area contributed by atoms with E-state index in [1.54, 1.807) is 6.20 Å². The van der Waals surface area contributed by atoms with E-state index in [0.717, 1.165) is 60.7 Å². The number of pyridine rings is 1. The number of amides is 1. The van der Waals surface area contributed by atoms with Gasteiger partial charge in [0.2, 0.25) is 5.95 Å². The van der Waals surface area contributed by atoms with Gasteiger partial charge in [-0.2, -0.15) is 4.98 Å². The third-order valence-corrected chi connectivity index (χ3v) is 5.68. The maximum Gasteiger partial charge on any atom is 0.273 e. The highest BCUT2D eigenvalue weighted by atomic mass is 16.1. The SMILES string of the molecule is CCCc1nccc2c(Nc3nc(N[C@@H]4CCCC[C@@H]4N)nnc3C(N)=O)cccc12. The van der Waals surface area contributed by atoms with E-state index in [0.29, 0.717) is 5.95 Å². The molecule has 1 amide bonds. The minimum absolute atomic E-state index is 0.0154. The van der Waals surface area contributed by atoms with Crippen LogP contribution in [-0.2, 0) is 6.42 Å². The van der Waals surface area contributed by atoms with Crippen LogP contribution in [0.25, 0.3) is 10.8 Å². The molecule has 0 unspecified atom stereocenters. The summed E-state index contributed by atoms with van der Waals surface area (Å²) in [5.74, 6) is -0.115. The number of primary amides is 1. The van der Waals surface area contributed by atoms with Gasteiger partial charge < -0.3 is 22.1 Å². The van der Waals surface area contributed by atoms with E-state index in [4.69, 9.17) is 11.5 Å². The molecule has 1 aromatic carbocycles. The third-order valence-electron chi connectivity index (χ3n) is 5.68. The van der Waals surface area contributed by atoms with E-state index < -0.39 is 5.91 Å². The van der Waals surface area contributed by atoms with Gasteiger partial charge in [0.15, 0.2) is 11.5 Å². The molecule has 1 saturated carbocycles. The van der Waals surface area contributed by atoms with Crippen molar-refractivity contribution < 1.29 is 4.79 Å². The smallest absolute Gasteiger partial charge is 0.273 e. The molecule has 31 heavy (non-hydrogen) atoms. The quantitative estimate of drug-likeness (QED) is 0.456. The fraction of sp³-hybridized carbons (Fsp3) is 0.409. The Bertz CT molecular complexity index is 1090. The molecule has 1 fully saturated rings. The number of benzene rings is 1. The molecule has 4 rings (SSSR count). The number of hydrogen-bond donors (Lipinski definition) is 4. The van der Waals surface area contributed by atoms with Crippen LogP contribution in [0, 0.1) is 0 Å². The zero-order valence-corrected chi connectivity index (χ0v) is 17.6. The lowest BCUT2D eigenvalue weighted by molar-refractivity contribution is 0.0995. The number of nitrogens with two attached hydrogens (primary N) is 2. The van der Waals surface area contributed by atoms with Gasteiger partial charge in [-0.15, -0.1) is 10.2 Å². The van der Waals surface area contributed by atoms with Gasteiger partial charge in [-0.25, -0.2) is 0 Å². The first-order chi connectivity index (χ1) is 15.1. The number of aryl methyl sites for hydroxylation is 1. The summed E-state index contributed by atoms with van der Waals surface area (Å²) >= 11 is 0. The fourth-order valence-electron chi connectivity index (χ4n) is 4.09. The largest absolute Gasteiger partial charge is 0.364 e. The number of hydrogen-bond acceptors (Lipinski definition) is 8. The van der Waals surface area contributed by atoms with Crippen LogP contribution in [0.5, 0.6) is 0 Å². The Hall–Kier alpha value is -3.33. The van der Waals surface area contributed by atoms with Crippen molar-refractivity contribution in [2.45, 2.75) is 57.5 Å². The topological polar surface area (TPSA) is 145 Å². The van der Waals surface area contributed by atoms with Crippen molar-refractivity contribution in [1.82, 2.24) is 20.2 Å². The van der Waals surface area contributed by atoms with Gasteiger partial charge in [-0.3, -0.25) is 9.78 Å². The molecular formula is C22H28N8O. The van der Waals surface area contributed by atoms with Crippen molar-refractivity contribution in [3.63, 3.8) is 0 Å².